The molecule has 2 aliphatic heterocycles. The standard InChI is InChI=1S/C14H25N3O4/c1-11(2)15-4-6-16(7-5-15)13(20)17-9-14(3,10-17)21-8-12(18)19/h11H,4-10H2,1-3H3,(H,18,19). The molecule has 0 unspecified atom stereocenters. The highest BCUT2D eigenvalue weighted by Gasteiger charge is 2.44. The maximum absolute atomic E-state index is 12.3. The van der Waals surface area contributed by atoms with Crippen molar-refractivity contribution in [3.05, 3.63) is 0 Å². The van der Waals surface area contributed by atoms with E-state index >= 15 is 0 Å². The summed E-state index contributed by atoms with van der Waals surface area (Å²) in [6.45, 7) is 10.1. The zero-order valence-electron chi connectivity index (χ0n) is 13.0. The Kier molecular flexibility index (Phi) is 4.73. The molecular formula is C14H25N3O4. The molecule has 2 amide bonds. The number of nitrogens with zero attached hydrogens (tertiary/aromatic N) is 3. The van der Waals surface area contributed by atoms with Gasteiger partial charge in [-0.1, -0.05) is 0 Å². The number of carboxylic acid groups (broad SMARTS) is 1. The molecule has 120 valence electrons. The highest BCUT2D eigenvalue weighted by Crippen LogP contribution is 2.26. The average Bonchev–Trinajstić information content (AvgIpc) is 2.41. The molecule has 2 saturated heterocycles. The summed E-state index contributed by atoms with van der Waals surface area (Å²) < 4.78 is 5.32. The first-order valence-electron chi connectivity index (χ1n) is 7.44. The summed E-state index contributed by atoms with van der Waals surface area (Å²) >= 11 is 0. The number of ether oxygens (including phenoxy) is 1. The summed E-state index contributed by atoms with van der Waals surface area (Å²) in [5, 5.41) is 8.63. The molecular weight excluding hydrogens is 274 g/mol. The van der Waals surface area contributed by atoms with Crippen molar-refractivity contribution in [1.82, 2.24) is 14.7 Å². The lowest BCUT2D eigenvalue weighted by atomic mass is 9.97. The van der Waals surface area contributed by atoms with Crippen LogP contribution in [-0.4, -0.2) is 89.3 Å². The monoisotopic (exact) mass is 299 g/mol. The fraction of sp³-hybridized carbons (Fsp3) is 0.857. The van der Waals surface area contributed by atoms with E-state index < -0.39 is 11.6 Å². The first kappa shape index (κ1) is 16.0. The molecule has 2 rings (SSSR count). The Morgan fingerprint density at radius 2 is 1.71 bits per heavy atom. The topological polar surface area (TPSA) is 73.3 Å². The van der Waals surface area contributed by atoms with Crippen LogP contribution in [0.25, 0.3) is 0 Å². The number of carbonyl (C=O) groups excluding carboxylic acids is 1. The van der Waals surface area contributed by atoms with E-state index in [2.05, 4.69) is 18.7 Å². The van der Waals surface area contributed by atoms with Crippen molar-refractivity contribution in [2.24, 2.45) is 0 Å². The molecule has 7 heteroatoms. The van der Waals surface area contributed by atoms with Crippen LogP contribution in [0.3, 0.4) is 0 Å². The van der Waals surface area contributed by atoms with Crippen LogP contribution in [0.4, 0.5) is 4.79 Å². The van der Waals surface area contributed by atoms with Crippen LogP contribution in [0.5, 0.6) is 0 Å². The Balaban J connectivity index is 1.75. The van der Waals surface area contributed by atoms with Crippen molar-refractivity contribution in [2.75, 3.05) is 45.9 Å². The summed E-state index contributed by atoms with van der Waals surface area (Å²) in [6.07, 6.45) is 0. The molecule has 7 nitrogen and oxygen atoms in total. The van der Waals surface area contributed by atoms with Gasteiger partial charge in [-0.15, -0.1) is 0 Å². The third kappa shape index (κ3) is 3.85. The van der Waals surface area contributed by atoms with Gasteiger partial charge in [-0.05, 0) is 20.8 Å². The first-order valence-corrected chi connectivity index (χ1v) is 7.44. The van der Waals surface area contributed by atoms with Crippen LogP contribution < -0.4 is 0 Å². The SMILES string of the molecule is CC(C)N1CCN(C(=O)N2CC(C)(OCC(=O)O)C2)CC1. The quantitative estimate of drug-likeness (QED) is 0.808. The smallest absolute Gasteiger partial charge is 0.329 e. The van der Waals surface area contributed by atoms with Crippen LogP contribution in [0, 0.1) is 0 Å². The maximum atomic E-state index is 12.3. The minimum absolute atomic E-state index is 0.0369. The zero-order valence-corrected chi connectivity index (χ0v) is 13.0. The highest BCUT2D eigenvalue weighted by molar-refractivity contribution is 5.76. The lowest BCUT2D eigenvalue weighted by molar-refractivity contribution is -0.160. The molecule has 0 aromatic heterocycles. The average molecular weight is 299 g/mol. The van der Waals surface area contributed by atoms with E-state index in [-0.39, 0.29) is 12.6 Å². The number of hydrogen-bond donors (Lipinski definition) is 1. The van der Waals surface area contributed by atoms with Gasteiger partial charge in [0.15, 0.2) is 0 Å². The van der Waals surface area contributed by atoms with Crippen LogP contribution in [0.2, 0.25) is 0 Å². The van der Waals surface area contributed by atoms with Gasteiger partial charge in [-0.3, -0.25) is 4.90 Å². The Hall–Kier alpha value is -1.34. The van der Waals surface area contributed by atoms with Gasteiger partial charge in [0.25, 0.3) is 0 Å². The Morgan fingerprint density at radius 1 is 1.14 bits per heavy atom. The van der Waals surface area contributed by atoms with E-state index in [1.54, 1.807) is 4.90 Å². The number of hydrogen-bond acceptors (Lipinski definition) is 4. The first-order chi connectivity index (χ1) is 9.81. The van der Waals surface area contributed by atoms with Gasteiger partial charge >= 0.3 is 12.0 Å². The van der Waals surface area contributed by atoms with Crippen molar-refractivity contribution in [3.8, 4) is 0 Å². The Morgan fingerprint density at radius 3 is 2.19 bits per heavy atom. The predicted octanol–water partition coefficient (Wildman–Crippen LogP) is 0.308. The van der Waals surface area contributed by atoms with E-state index in [0.29, 0.717) is 19.1 Å². The molecule has 2 aliphatic rings. The second-order valence-electron chi connectivity index (χ2n) is 6.39. The molecule has 21 heavy (non-hydrogen) atoms. The number of likely N-dealkylation sites (tertiary alicyclic amines) is 1. The summed E-state index contributed by atoms with van der Waals surface area (Å²) in [5.74, 6) is -0.981. The number of piperazine rings is 1. The van der Waals surface area contributed by atoms with Crippen LogP contribution in [-0.2, 0) is 9.53 Å². The lowest BCUT2D eigenvalue weighted by Crippen LogP contribution is -2.67. The number of carbonyl (C=O) groups is 2. The van der Waals surface area contributed by atoms with Crippen LogP contribution in [0.15, 0.2) is 0 Å². The van der Waals surface area contributed by atoms with Crippen LogP contribution in [0.1, 0.15) is 20.8 Å². The molecule has 0 aromatic rings. The molecule has 0 saturated carbocycles. The number of amides is 2. The molecule has 0 atom stereocenters. The lowest BCUT2D eigenvalue weighted by Gasteiger charge is -2.49. The number of carboxylic acids is 1. The number of urea groups is 1. The Bertz CT molecular complexity index is 399. The minimum atomic E-state index is -0.981. The summed E-state index contributed by atoms with van der Waals surface area (Å²) in [6, 6.07) is 0.550. The third-order valence-corrected chi connectivity index (χ3v) is 4.18. The summed E-state index contributed by atoms with van der Waals surface area (Å²) in [7, 11) is 0. The number of aliphatic carboxylic acids is 1. The van der Waals surface area contributed by atoms with Crippen molar-refractivity contribution in [2.45, 2.75) is 32.4 Å². The largest absolute Gasteiger partial charge is 0.480 e. The van der Waals surface area contributed by atoms with E-state index in [1.165, 1.54) is 0 Å². The second-order valence-corrected chi connectivity index (χ2v) is 6.39. The summed E-state index contributed by atoms with van der Waals surface area (Å²) in [5.41, 5.74) is -0.520. The van der Waals surface area contributed by atoms with Crippen molar-refractivity contribution in [3.63, 3.8) is 0 Å². The van der Waals surface area contributed by atoms with Gasteiger partial charge in [0.2, 0.25) is 0 Å². The number of rotatable bonds is 4. The molecule has 0 aromatic carbocycles. The highest BCUT2D eigenvalue weighted by atomic mass is 16.5. The van der Waals surface area contributed by atoms with E-state index in [4.69, 9.17) is 9.84 Å². The Labute approximate surface area is 125 Å². The fourth-order valence-electron chi connectivity index (χ4n) is 2.85. The second kappa shape index (κ2) is 6.19. The molecule has 0 bridgehead atoms. The van der Waals surface area contributed by atoms with E-state index in [1.807, 2.05) is 11.8 Å². The zero-order chi connectivity index (χ0) is 15.6. The van der Waals surface area contributed by atoms with Crippen LogP contribution >= 0.6 is 0 Å². The van der Waals surface area contributed by atoms with Gasteiger partial charge in [-0.25, -0.2) is 9.59 Å². The molecule has 2 heterocycles. The normalized spacial score (nSPS) is 22.3. The maximum Gasteiger partial charge on any atom is 0.329 e. The van der Waals surface area contributed by atoms with E-state index in [0.717, 1.165) is 26.2 Å². The van der Waals surface area contributed by atoms with Gasteiger partial charge < -0.3 is 19.6 Å². The van der Waals surface area contributed by atoms with E-state index in [9.17, 15) is 9.59 Å². The predicted molar refractivity (Wildman–Crippen MR) is 77.2 cm³/mol. The molecule has 1 N–H and O–H groups in total. The molecule has 0 aliphatic carbocycles. The molecule has 0 radical (unpaired) electrons. The third-order valence-electron chi connectivity index (χ3n) is 4.18. The molecule has 0 spiro atoms. The minimum Gasteiger partial charge on any atom is -0.480 e. The van der Waals surface area contributed by atoms with Gasteiger partial charge in [0, 0.05) is 32.2 Å². The fourth-order valence-corrected chi connectivity index (χ4v) is 2.85. The van der Waals surface area contributed by atoms with Gasteiger partial charge in [-0.2, -0.15) is 0 Å². The summed E-state index contributed by atoms with van der Waals surface area (Å²) in [4.78, 5) is 28.8. The van der Waals surface area contributed by atoms with Crippen molar-refractivity contribution >= 4 is 12.0 Å². The van der Waals surface area contributed by atoms with Gasteiger partial charge in [0.05, 0.1) is 13.1 Å². The van der Waals surface area contributed by atoms with Gasteiger partial charge in [0.1, 0.15) is 12.2 Å². The van der Waals surface area contributed by atoms with Crippen molar-refractivity contribution in [1.29, 1.82) is 0 Å². The van der Waals surface area contributed by atoms with Crippen molar-refractivity contribution < 1.29 is 19.4 Å². The molecule has 2 fully saturated rings.